The zero-order valence-corrected chi connectivity index (χ0v) is 18.3. The molecule has 0 spiro atoms. The van der Waals surface area contributed by atoms with E-state index in [2.05, 4.69) is 56.8 Å². The van der Waals surface area contributed by atoms with Crippen LogP contribution in [0.5, 0.6) is 0 Å². The highest BCUT2D eigenvalue weighted by Crippen LogP contribution is 2.30. The third-order valence-corrected chi connectivity index (χ3v) is 6.61. The fourth-order valence-corrected chi connectivity index (χ4v) is 4.83. The normalized spacial score (nSPS) is 18.4. The predicted octanol–water partition coefficient (Wildman–Crippen LogP) is 4.44. The SMILES string of the molecule is O=C(c1ccccc1)N1CCN(c2ccc3nc(C4C=CC=CC4)c4nccn4c3c2)CC1. The highest BCUT2D eigenvalue weighted by molar-refractivity contribution is 5.94. The van der Waals surface area contributed by atoms with Crippen LogP contribution >= 0.6 is 0 Å². The second-order valence-corrected chi connectivity index (χ2v) is 8.59. The summed E-state index contributed by atoms with van der Waals surface area (Å²) in [5.41, 5.74) is 5.88. The van der Waals surface area contributed by atoms with E-state index >= 15 is 0 Å². The number of carbonyl (C=O) groups excluding carboxylic acids is 1. The molecule has 164 valence electrons. The molecular formula is C27H25N5O. The van der Waals surface area contributed by atoms with Crippen LogP contribution in [-0.4, -0.2) is 51.4 Å². The second-order valence-electron chi connectivity index (χ2n) is 8.59. The number of nitrogens with zero attached hydrogens (tertiary/aromatic N) is 5. The lowest BCUT2D eigenvalue weighted by Crippen LogP contribution is -2.48. The number of aromatic nitrogens is 3. The molecule has 2 aromatic carbocycles. The van der Waals surface area contributed by atoms with Gasteiger partial charge in [0.1, 0.15) is 0 Å². The van der Waals surface area contributed by atoms with Gasteiger partial charge in [0, 0.05) is 55.7 Å². The first kappa shape index (κ1) is 19.7. The molecule has 3 heterocycles. The first-order valence-electron chi connectivity index (χ1n) is 11.5. The van der Waals surface area contributed by atoms with E-state index in [0.29, 0.717) is 13.1 Å². The molecule has 0 bridgehead atoms. The number of fused-ring (bicyclic) bond motifs is 3. The van der Waals surface area contributed by atoms with E-state index in [1.54, 1.807) is 0 Å². The molecule has 6 rings (SSSR count). The van der Waals surface area contributed by atoms with E-state index in [-0.39, 0.29) is 11.8 Å². The molecule has 2 aromatic heterocycles. The number of carbonyl (C=O) groups is 1. The molecule has 1 amide bonds. The molecule has 0 radical (unpaired) electrons. The highest BCUT2D eigenvalue weighted by atomic mass is 16.2. The molecule has 6 heteroatoms. The van der Waals surface area contributed by atoms with Crippen molar-refractivity contribution >= 4 is 28.3 Å². The molecule has 1 aliphatic heterocycles. The predicted molar refractivity (Wildman–Crippen MR) is 131 cm³/mol. The van der Waals surface area contributed by atoms with Gasteiger partial charge in [0.2, 0.25) is 0 Å². The average molecular weight is 436 g/mol. The molecule has 2 aliphatic rings. The summed E-state index contributed by atoms with van der Waals surface area (Å²) in [4.78, 5) is 26.7. The zero-order chi connectivity index (χ0) is 22.2. The number of amides is 1. The van der Waals surface area contributed by atoms with Gasteiger partial charge in [-0.2, -0.15) is 0 Å². The van der Waals surface area contributed by atoms with E-state index in [9.17, 15) is 4.79 Å². The maximum absolute atomic E-state index is 12.8. The lowest BCUT2D eigenvalue weighted by molar-refractivity contribution is 0.0747. The number of rotatable bonds is 3. The van der Waals surface area contributed by atoms with Gasteiger partial charge in [0.25, 0.3) is 5.91 Å². The van der Waals surface area contributed by atoms with E-state index in [0.717, 1.165) is 53.1 Å². The third kappa shape index (κ3) is 3.57. The Bertz CT molecular complexity index is 1380. The Balaban J connectivity index is 1.27. The molecule has 0 N–H and O–H groups in total. The lowest BCUT2D eigenvalue weighted by Gasteiger charge is -2.36. The molecule has 33 heavy (non-hydrogen) atoms. The van der Waals surface area contributed by atoms with Gasteiger partial charge in [-0.25, -0.2) is 9.97 Å². The Kier molecular flexibility index (Phi) is 4.91. The summed E-state index contributed by atoms with van der Waals surface area (Å²) in [6.07, 6.45) is 13.4. The van der Waals surface area contributed by atoms with Crippen LogP contribution in [0.25, 0.3) is 16.7 Å². The molecule has 1 aliphatic carbocycles. The first-order valence-corrected chi connectivity index (χ1v) is 11.5. The van der Waals surface area contributed by atoms with Crippen molar-refractivity contribution in [2.24, 2.45) is 0 Å². The van der Waals surface area contributed by atoms with Gasteiger partial charge in [-0.05, 0) is 36.8 Å². The molecule has 6 nitrogen and oxygen atoms in total. The molecule has 1 fully saturated rings. The van der Waals surface area contributed by atoms with Gasteiger partial charge >= 0.3 is 0 Å². The summed E-state index contributed by atoms with van der Waals surface area (Å²) >= 11 is 0. The largest absolute Gasteiger partial charge is 0.368 e. The van der Waals surface area contributed by atoms with Crippen molar-refractivity contribution in [2.75, 3.05) is 31.1 Å². The molecular weight excluding hydrogens is 410 g/mol. The van der Waals surface area contributed by atoms with Crippen molar-refractivity contribution in [3.8, 4) is 0 Å². The number of hydrogen-bond donors (Lipinski definition) is 0. The quantitative estimate of drug-likeness (QED) is 0.477. The Labute approximate surface area is 192 Å². The number of piperazine rings is 1. The Morgan fingerprint density at radius 2 is 1.82 bits per heavy atom. The Hall–Kier alpha value is -3.93. The van der Waals surface area contributed by atoms with Crippen LogP contribution in [0.4, 0.5) is 5.69 Å². The number of anilines is 1. The van der Waals surface area contributed by atoms with Crippen LogP contribution in [0, 0.1) is 0 Å². The van der Waals surface area contributed by atoms with Gasteiger partial charge in [-0.15, -0.1) is 0 Å². The molecule has 1 unspecified atom stereocenters. The van der Waals surface area contributed by atoms with E-state index < -0.39 is 0 Å². The van der Waals surface area contributed by atoms with Crippen LogP contribution < -0.4 is 4.90 Å². The Morgan fingerprint density at radius 1 is 0.970 bits per heavy atom. The minimum atomic E-state index is 0.109. The smallest absolute Gasteiger partial charge is 0.253 e. The first-order chi connectivity index (χ1) is 16.3. The van der Waals surface area contributed by atoms with Crippen molar-refractivity contribution in [3.05, 3.63) is 96.5 Å². The topological polar surface area (TPSA) is 53.7 Å². The van der Waals surface area contributed by atoms with Gasteiger partial charge in [0.05, 0.1) is 16.7 Å². The van der Waals surface area contributed by atoms with E-state index in [1.807, 2.05) is 47.6 Å². The van der Waals surface area contributed by atoms with Crippen molar-refractivity contribution in [1.82, 2.24) is 19.3 Å². The van der Waals surface area contributed by atoms with Crippen LogP contribution in [0.3, 0.4) is 0 Å². The number of allylic oxidation sites excluding steroid dienone is 4. The van der Waals surface area contributed by atoms with Gasteiger partial charge in [-0.3, -0.25) is 9.20 Å². The number of hydrogen-bond acceptors (Lipinski definition) is 4. The molecule has 1 saturated heterocycles. The third-order valence-electron chi connectivity index (χ3n) is 6.61. The summed E-state index contributed by atoms with van der Waals surface area (Å²) in [5.74, 6) is 0.358. The minimum Gasteiger partial charge on any atom is -0.368 e. The van der Waals surface area contributed by atoms with E-state index in [4.69, 9.17) is 4.98 Å². The zero-order valence-electron chi connectivity index (χ0n) is 18.3. The van der Waals surface area contributed by atoms with Crippen LogP contribution in [0.15, 0.2) is 85.2 Å². The van der Waals surface area contributed by atoms with Gasteiger partial charge < -0.3 is 9.80 Å². The van der Waals surface area contributed by atoms with Crippen LogP contribution in [0.2, 0.25) is 0 Å². The number of benzene rings is 2. The van der Waals surface area contributed by atoms with Crippen molar-refractivity contribution < 1.29 is 4.79 Å². The highest BCUT2D eigenvalue weighted by Gasteiger charge is 2.23. The van der Waals surface area contributed by atoms with Crippen LogP contribution in [-0.2, 0) is 0 Å². The van der Waals surface area contributed by atoms with Crippen LogP contribution in [0.1, 0.15) is 28.4 Å². The van der Waals surface area contributed by atoms with Crippen molar-refractivity contribution in [2.45, 2.75) is 12.3 Å². The van der Waals surface area contributed by atoms with Crippen molar-refractivity contribution in [1.29, 1.82) is 0 Å². The summed E-state index contributed by atoms with van der Waals surface area (Å²) < 4.78 is 2.16. The lowest BCUT2D eigenvalue weighted by atomic mass is 9.97. The maximum Gasteiger partial charge on any atom is 0.253 e. The molecule has 1 atom stereocenters. The second kappa shape index (κ2) is 8.20. The Morgan fingerprint density at radius 3 is 2.61 bits per heavy atom. The van der Waals surface area contributed by atoms with Gasteiger partial charge in [0.15, 0.2) is 5.65 Å². The number of imidazole rings is 1. The monoisotopic (exact) mass is 435 g/mol. The minimum absolute atomic E-state index is 0.109. The van der Waals surface area contributed by atoms with Crippen molar-refractivity contribution in [3.63, 3.8) is 0 Å². The summed E-state index contributed by atoms with van der Waals surface area (Å²) in [6.45, 7) is 3.04. The average Bonchev–Trinajstić information content (AvgIpc) is 3.39. The summed E-state index contributed by atoms with van der Waals surface area (Å²) in [7, 11) is 0. The fraction of sp³-hybridized carbons (Fsp3) is 0.222. The standard InChI is InChI=1S/C27H25N5O/c33-27(21-9-5-2-6-10-21)31-17-15-30(16-18-31)22-11-12-23-24(19-22)32-14-13-28-26(32)25(29-23)20-7-3-1-4-8-20/h1-7,9-14,19-20H,8,15-18H2. The van der Waals surface area contributed by atoms with Gasteiger partial charge in [-0.1, -0.05) is 42.5 Å². The molecule has 0 saturated carbocycles. The fourth-order valence-electron chi connectivity index (χ4n) is 4.83. The summed E-state index contributed by atoms with van der Waals surface area (Å²) in [6, 6.07) is 16.0. The maximum atomic E-state index is 12.8. The summed E-state index contributed by atoms with van der Waals surface area (Å²) in [5, 5.41) is 0. The van der Waals surface area contributed by atoms with E-state index in [1.165, 1.54) is 0 Å². The molecule has 4 aromatic rings.